The molecule has 0 bridgehead atoms. The summed E-state index contributed by atoms with van der Waals surface area (Å²) in [6.45, 7) is 8.59. The van der Waals surface area contributed by atoms with Crippen molar-refractivity contribution in [2.24, 2.45) is 4.99 Å². The van der Waals surface area contributed by atoms with Crippen molar-refractivity contribution in [3.8, 4) is 0 Å². The van der Waals surface area contributed by atoms with Crippen LogP contribution in [0.3, 0.4) is 0 Å². The van der Waals surface area contributed by atoms with Crippen molar-refractivity contribution in [3.05, 3.63) is 24.8 Å². The van der Waals surface area contributed by atoms with Crippen LogP contribution < -0.4 is 0 Å². The molecule has 0 spiro atoms. The van der Waals surface area contributed by atoms with Gasteiger partial charge in [-0.25, -0.2) is 14.2 Å². The molecular weight excluding hydrogens is 221 g/mol. The molecule has 3 nitrogen and oxygen atoms in total. The highest BCUT2D eigenvalue weighted by Crippen LogP contribution is 2.11. The number of carbonyl (C=O) groups is 1. The van der Waals surface area contributed by atoms with E-state index >= 15 is 0 Å². The molecule has 0 aliphatic rings. The maximum atomic E-state index is 13.1. The molecule has 0 aromatic rings. The van der Waals surface area contributed by atoms with Crippen molar-refractivity contribution in [1.82, 2.24) is 0 Å². The third-order valence-corrected chi connectivity index (χ3v) is 1.66. The Bertz CT molecular complexity index is 289. The maximum Gasteiger partial charge on any atom is 0.333 e. The van der Waals surface area contributed by atoms with Crippen LogP contribution in [-0.2, 0) is 9.53 Å². The second-order valence-corrected chi connectivity index (χ2v) is 3.01. The fraction of sp³-hybridized carbons (Fsp3) is 0.400. The van der Waals surface area contributed by atoms with Crippen LogP contribution >= 0.6 is 11.6 Å². The molecular formula is C10H13ClFNO2. The van der Waals surface area contributed by atoms with Gasteiger partial charge in [0.1, 0.15) is 5.17 Å². The lowest BCUT2D eigenvalue weighted by atomic mass is 10.2. The standard InChI is InChI=1S/C10H13ClFNO2/c1-4-8(11)13-9(12)6-7(3)10(14)15-5-2/h4,9H,1,3,5-6H2,2H3. The van der Waals surface area contributed by atoms with Crippen molar-refractivity contribution in [1.29, 1.82) is 0 Å². The number of alkyl halides is 1. The first-order valence-electron chi connectivity index (χ1n) is 4.36. The van der Waals surface area contributed by atoms with Crippen molar-refractivity contribution in [3.63, 3.8) is 0 Å². The van der Waals surface area contributed by atoms with Gasteiger partial charge in [-0.15, -0.1) is 0 Å². The number of ether oxygens (including phenoxy) is 1. The van der Waals surface area contributed by atoms with Gasteiger partial charge in [-0.3, -0.25) is 0 Å². The van der Waals surface area contributed by atoms with E-state index in [4.69, 9.17) is 11.6 Å². The average Bonchev–Trinajstić information content (AvgIpc) is 2.17. The summed E-state index contributed by atoms with van der Waals surface area (Å²) < 4.78 is 17.7. The van der Waals surface area contributed by atoms with E-state index in [9.17, 15) is 9.18 Å². The summed E-state index contributed by atoms with van der Waals surface area (Å²) in [7, 11) is 0. The summed E-state index contributed by atoms with van der Waals surface area (Å²) in [5, 5.41) is -0.0424. The highest BCUT2D eigenvalue weighted by Gasteiger charge is 2.13. The van der Waals surface area contributed by atoms with Gasteiger partial charge in [0.25, 0.3) is 0 Å². The molecule has 0 aromatic carbocycles. The average molecular weight is 234 g/mol. The molecule has 0 heterocycles. The molecule has 0 amide bonds. The first-order valence-corrected chi connectivity index (χ1v) is 4.73. The smallest absolute Gasteiger partial charge is 0.333 e. The second-order valence-electron chi connectivity index (χ2n) is 2.62. The van der Waals surface area contributed by atoms with Crippen LogP contribution in [0.1, 0.15) is 13.3 Å². The minimum absolute atomic E-state index is 0.0293. The Labute approximate surface area is 93.3 Å². The topological polar surface area (TPSA) is 38.7 Å². The van der Waals surface area contributed by atoms with E-state index in [2.05, 4.69) is 22.9 Å². The van der Waals surface area contributed by atoms with Gasteiger partial charge >= 0.3 is 5.97 Å². The van der Waals surface area contributed by atoms with E-state index in [1.807, 2.05) is 0 Å². The maximum absolute atomic E-state index is 13.1. The van der Waals surface area contributed by atoms with E-state index in [1.165, 1.54) is 6.08 Å². The summed E-state index contributed by atoms with van der Waals surface area (Å²) in [6, 6.07) is 0. The van der Waals surface area contributed by atoms with Gasteiger partial charge in [0.15, 0.2) is 6.30 Å². The van der Waals surface area contributed by atoms with E-state index in [1.54, 1.807) is 6.92 Å². The van der Waals surface area contributed by atoms with Crippen molar-refractivity contribution in [2.45, 2.75) is 19.6 Å². The fourth-order valence-electron chi connectivity index (χ4n) is 0.752. The minimum Gasteiger partial charge on any atom is -0.463 e. The number of hydrogen-bond donors (Lipinski definition) is 0. The van der Waals surface area contributed by atoms with Crippen LogP contribution in [0.25, 0.3) is 0 Å². The van der Waals surface area contributed by atoms with Crippen LogP contribution in [0.2, 0.25) is 0 Å². The zero-order chi connectivity index (χ0) is 11.8. The van der Waals surface area contributed by atoms with Crippen LogP contribution in [-0.4, -0.2) is 24.0 Å². The van der Waals surface area contributed by atoms with Crippen molar-refractivity contribution >= 4 is 22.7 Å². The predicted octanol–water partition coefficient (Wildman–Crippen LogP) is 2.61. The number of aliphatic imine (C=N–C) groups is 1. The quantitative estimate of drug-likeness (QED) is 0.306. The van der Waals surface area contributed by atoms with E-state index in [0.29, 0.717) is 0 Å². The SMILES string of the molecule is C=CC(Cl)=NC(F)CC(=C)C(=O)OCC. The Balaban J connectivity index is 4.18. The highest BCUT2D eigenvalue weighted by atomic mass is 35.5. The van der Waals surface area contributed by atoms with E-state index in [-0.39, 0.29) is 23.8 Å². The molecule has 0 N–H and O–H groups in total. The molecule has 0 aliphatic carbocycles. The summed E-state index contributed by atoms with van der Waals surface area (Å²) >= 11 is 5.43. The largest absolute Gasteiger partial charge is 0.463 e. The lowest BCUT2D eigenvalue weighted by Gasteiger charge is -2.06. The fourth-order valence-corrected chi connectivity index (χ4v) is 0.858. The lowest BCUT2D eigenvalue weighted by Crippen LogP contribution is -2.11. The number of hydrogen-bond acceptors (Lipinski definition) is 3. The first-order chi connectivity index (χ1) is 7.01. The molecule has 84 valence electrons. The number of allylic oxidation sites excluding steroid dienone is 1. The van der Waals surface area contributed by atoms with Gasteiger partial charge in [0.2, 0.25) is 0 Å². The van der Waals surface area contributed by atoms with E-state index in [0.717, 1.165) is 0 Å². The number of carbonyl (C=O) groups excluding carboxylic acids is 1. The summed E-state index contributed by atoms with van der Waals surface area (Å²) in [6.07, 6.45) is -0.628. The zero-order valence-electron chi connectivity index (χ0n) is 8.50. The normalized spacial score (nSPS) is 13.1. The first kappa shape index (κ1) is 13.8. The summed E-state index contributed by atoms with van der Waals surface area (Å²) in [5.74, 6) is -0.620. The lowest BCUT2D eigenvalue weighted by molar-refractivity contribution is -0.138. The minimum atomic E-state index is -1.60. The monoisotopic (exact) mass is 233 g/mol. The number of esters is 1. The van der Waals surface area contributed by atoms with Crippen molar-refractivity contribution in [2.75, 3.05) is 6.61 Å². The van der Waals surface area contributed by atoms with Crippen LogP contribution in [0.15, 0.2) is 29.8 Å². The number of nitrogens with zero attached hydrogens (tertiary/aromatic N) is 1. The third-order valence-electron chi connectivity index (χ3n) is 1.41. The molecule has 0 radical (unpaired) electrons. The van der Waals surface area contributed by atoms with Gasteiger partial charge in [-0.2, -0.15) is 0 Å². The van der Waals surface area contributed by atoms with Gasteiger partial charge < -0.3 is 4.74 Å². The summed E-state index contributed by atoms with van der Waals surface area (Å²) in [4.78, 5) is 14.5. The number of rotatable bonds is 6. The van der Waals surface area contributed by atoms with Gasteiger partial charge in [0.05, 0.1) is 6.61 Å². The third kappa shape index (κ3) is 6.01. The van der Waals surface area contributed by atoms with Crippen LogP contribution in [0.5, 0.6) is 0 Å². The molecule has 0 saturated carbocycles. The molecule has 0 aromatic heterocycles. The Morgan fingerprint density at radius 3 is 2.80 bits per heavy atom. The molecule has 0 rings (SSSR count). The van der Waals surface area contributed by atoms with Crippen molar-refractivity contribution < 1.29 is 13.9 Å². The Morgan fingerprint density at radius 2 is 2.33 bits per heavy atom. The predicted molar refractivity (Wildman–Crippen MR) is 58.8 cm³/mol. The Kier molecular flexibility index (Phi) is 6.62. The highest BCUT2D eigenvalue weighted by molar-refractivity contribution is 6.68. The summed E-state index contributed by atoms with van der Waals surface area (Å²) in [5.41, 5.74) is 0.0293. The second kappa shape index (κ2) is 7.17. The molecule has 0 fully saturated rings. The Morgan fingerprint density at radius 1 is 1.73 bits per heavy atom. The molecule has 15 heavy (non-hydrogen) atoms. The van der Waals surface area contributed by atoms with Gasteiger partial charge in [0, 0.05) is 12.0 Å². The number of halogens is 2. The molecule has 0 aliphatic heterocycles. The molecule has 1 atom stereocenters. The zero-order valence-corrected chi connectivity index (χ0v) is 9.26. The van der Waals surface area contributed by atoms with Crippen LogP contribution in [0.4, 0.5) is 4.39 Å². The molecule has 1 unspecified atom stereocenters. The van der Waals surface area contributed by atoms with Gasteiger partial charge in [-0.1, -0.05) is 24.8 Å². The van der Waals surface area contributed by atoms with Gasteiger partial charge in [-0.05, 0) is 13.0 Å². The molecule has 5 heteroatoms. The molecule has 0 saturated heterocycles. The van der Waals surface area contributed by atoms with Crippen LogP contribution in [0, 0.1) is 0 Å². The Hall–Kier alpha value is -1.16. The van der Waals surface area contributed by atoms with E-state index < -0.39 is 12.3 Å².